The van der Waals surface area contributed by atoms with Crippen molar-refractivity contribution in [3.63, 3.8) is 0 Å². The molecule has 5 nitrogen and oxygen atoms in total. The molecule has 25 heavy (non-hydrogen) atoms. The Hall–Kier alpha value is -1.41. The van der Waals surface area contributed by atoms with Crippen LogP contribution in [0, 0.1) is 9.49 Å². The number of hydrogen-bond donors (Lipinski definition) is 0. The Bertz CT molecular complexity index is 846. The molecule has 1 atom stereocenters. The third-order valence-electron chi connectivity index (χ3n) is 4.71. The van der Waals surface area contributed by atoms with Gasteiger partial charge in [0.15, 0.2) is 0 Å². The average Bonchev–Trinajstić information content (AvgIpc) is 2.57. The maximum absolute atomic E-state index is 12.8. The number of rotatable bonds is 4. The summed E-state index contributed by atoms with van der Waals surface area (Å²) in [5.41, 5.74) is 0.760. The van der Waals surface area contributed by atoms with E-state index < -0.39 is 5.97 Å². The summed E-state index contributed by atoms with van der Waals surface area (Å²) in [5.74, 6) is -0.0263. The van der Waals surface area contributed by atoms with E-state index >= 15 is 0 Å². The van der Waals surface area contributed by atoms with Gasteiger partial charge in [0.1, 0.15) is 5.56 Å². The minimum absolute atomic E-state index is 0.125. The molecule has 134 valence electrons. The molecule has 0 amide bonds. The van der Waals surface area contributed by atoms with Crippen LogP contribution in [0.1, 0.15) is 30.1 Å². The third kappa shape index (κ3) is 4.06. The summed E-state index contributed by atoms with van der Waals surface area (Å²) in [6, 6.07) is 5.82. The van der Waals surface area contributed by atoms with Gasteiger partial charge in [0, 0.05) is 28.2 Å². The zero-order valence-corrected chi connectivity index (χ0v) is 16.8. The Morgan fingerprint density at radius 1 is 1.40 bits per heavy atom. The van der Waals surface area contributed by atoms with Crippen molar-refractivity contribution in [1.29, 1.82) is 0 Å². The molecule has 1 fully saturated rings. The topological polar surface area (TPSA) is 51.5 Å². The fourth-order valence-corrected chi connectivity index (χ4v) is 4.07. The van der Waals surface area contributed by atoms with E-state index in [0.717, 1.165) is 35.1 Å². The fraction of sp³-hybridized carbons (Fsp3) is 0.474. The van der Waals surface area contributed by atoms with Gasteiger partial charge in [-0.2, -0.15) is 0 Å². The van der Waals surface area contributed by atoms with Crippen molar-refractivity contribution in [3.05, 3.63) is 43.8 Å². The van der Waals surface area contributed by atoms with E-state index in [4.69, 9.17) is 4.74 Å². The van der Waals surface area contributed by atoms with Crippen LogP contribution in [0.5, 0.6) is 0 Å². The van der Waals surface area contributed by atoms with Gasteiger partial charge in [-0.1, -0.05) is 0 Å². The van der Waals surface area contributed by atoms with Crippen molar-refractivity contribution in [3.8, 4) is 0 Å². The van der Waals surface area contributed by atoms with Gasteiger partial charge in [-0.3, -0.25) is 4.79 Å². The number of likely N-dealkylation sites (tertiary alicyclic amines) is 1. The van der Waals surface area contributed by atoms with Crippen LogP contribution in [0.15, 0.2) is 29.2 Å². The van der Waals surface area contributed by atoms with Gasteiger partial charge in [0.2, 0.25) is 5.43 Å². The smallest absolute Gasteiger partial charge is 0.343 e. The lowest BCUT2D eigenvalue weighted by atomic mass is 9.98. The van der Waals surface area contributed by atoms with Crippen LogP contribution >= 0.6 is 22.6 Å². The second kappa shape index (κ2) is 7.86. The summed E-state index contributed by atoms with van der Waals surface area (Å²) < 4.78 is 8.12. The predicted octanol–water partition coefficient (Wildman–Crippen LogP) is 3.12. The molecular weight excluding hydrogens is 431 g/mol. The van der Waals surface area contributed by atoms with Gasteiger partial charge in [0.25, 0.3) is 0 Å². The predicted molar refractivity (Wildman–Crippen MR) is 107 cm³/mol. The van der Waals surface area contributed by atoms with Gasteiger partial charge >= 0.3 is 5.97 Å². The first-order valence-electron chi connectivity index (χ1n) is 8.68. The summed E-state index contributed by atoms with van der Waals surface area (Å²) in [6.07, 6.45) is 4.03. The Balaban J connectivity index is 2.07. The van der Waals surface area contributed by atoms with Gasteiger partial charge in [-0.05, 0) is 80.1 Å². The Labute approximate surface area is 161 Å². The van der Waals surface area contributed by atoms with Crippen LogP contribution in [0.4, 0.5) is 0 Å². The van der Waals surface area contributed by atoms with Crippen LogP contribution in [-0.2, 0) is 11.3 Å². The van der Waals surface area contributed by atoms with E-state index in [9.17, 15) is 9.59 Å². The molecule has 6 heteroatoms. The molecule has 0 bridgehead atoms. The van der Waals surface area contributed by atoms with Crippen LogP contribution in [0.25, 0.3) is 10.9 Å². The molecule has 1 saturated heterocycles. The van der Waals surface area contributed by atoms with Crippen LogP contribution in [0.3, 0.4) is 0 Å². The highest BCUT2D eigenvalue weighted by Gasteiger charge is 2.21. The first kappa shape index (κ1) is 18.4. The molecule has 0 saturated carbocycles. The Morgan fingerprint density at radius 3 is 2.92 bits per heavy atom. The molecular formula is C19H23IN2O3. The first-order chi connectivity index (χ1) is 12.0. The molecule has 0 aliphatic carbocycles. The SMILES string of the molecule is CCOC(=O)c1cn(C[C@H]2CCCN(C)C2)c2ccc(I)cc2c1=O. The molecule has 0 spiro atoms. The number of halogens is 1. The highest BCUT2D eigenvalue weighted by molar-refractivity contribution is 14.1. The number of carbonyl (C=O) groups excluding carboxylic acids is 1. The molecule has 3 rings (SSSR count). The van der Waals surface area contributed by atoms with E-state index in [1.54, 1.807) is 13.1 Å². The molecule has 0 N–H and O–H groups in total. The molecule has 2 aromatic rings. The normalized spacial score (nSPS) is 18.4. The van der Waals surface area contributed by atoms with Crippen molar-refractivity contribution in [2.75, 3.05) is 26.7 Å². The number of carbonyl (C=O) groups is 1. The Kier molecular flexibility index (Phi) is 5.78. The van der Waals surface area contributed by atoms with Crippen LogP contribution < -0.4 is 5.43 Å². The number of hydrogen-bond acceptors (Lipinski definition) is 4. The third-order valence-corrected chi connectivity index (χ3v) is 5.39. The maximum atomic E-state index is 12.8. The quantitative estimate of drug-likeness (QED) is 0.527. The van der Waals surface area contributed by atoms with Gasteiger partial charge in [-0.15, -0.1) is 0 Å². The molecule has 1 aliphatic rings. The largest absolute Gasteiger partial charge is 0.462 e. The molecule has 1 aromatic heterocycles. The number of nitrogens with zero attached hydrogens (tertiary/aromatic N) is 2. The van der Waals surface area contributed by atoms with Crippen molar-refractivity contribution in [1.82, 2.24) is 9.47 Å². The highest BCUT2D eigenvalue weighted by Crippen LogP contribution is 2.21. The number of fused-ring (bicyclic) bond motifs is 1. The second-order valence-electron chi connectivity index (χ2n) is 6.68. The van der Waals surface area contributed by atoms with E-state index in [2.05, 4.69) is 39.1 Å². The summed E-state index contributed by atoms with van der Waals surface area (Å²) >= 11 is 2.19. The number of piperidine rings is 1. The molecule has 0 unspecified atom stereocenters. The van der Waals surface area contributed by atoms with Crippen molar-refractivity contribution in [2.45, 2.75) is 26.3 Å². The van der Waals surface area contributed by atoms with E-state index in [0.29, 0.717) is 11.3 Å². The molecule has 2 heterocycles. The first-order valence-corrected chi connectivity index (χ1v) is 9.76. The summed E-state index contributed by atoms with van der Waals surface area (Å²) in [7, 11) is 2.14. The number of ether oxygens (including phenoxy) is 1. The fourth-order valence-electron chi connectivity index (χ4n) is 3.58. The second-order valence-corrected chi connectivity index (χ2v) is 7.92. The van der Waals surface area contributed by atoms with E-state index in [1.807, 2.05) is 18.2 Å². The van der Waals surface area contributed by atoms with Gasteiger partial charge < -0.3 is 14.2 Å². The monoisotopic (exact) mass is 454 g/mol. The molecule has 0 radical (unpaired) electrons. The minimum Gasteiger partial charge on any atom is -0.462 e. The van der Waals surface area contributed by atoms with Crippen molar-refractivity contribution < 1.29 is 9.53 Å². The lowest BCUT2D eigenvalue weighted by Gasteiger charge is -2.30. The summed E-state index contributed by atoms with van der Waals surface area (Å²) in [6.45, 7) is 4.98. The van der Waals surface area contributed by atoms with Gasteiger partial charge in [0.05, 0.1) is 12.1 Å². The maximum Gasteiger partial charge on any atom is 0.343 e. The number of aromatic nitrogens is 1. The molecule has 1 aliphatic heterocycles. The van der Waals surface area contributed by atoms with Crippen LogP contribution in [0.2, 0.25) is 0 Å². The average molecular weight is 454 g/mol. The number of pyridine rings is 1. The zero-order chi connectivity index (χ0) is 18.0. The lowest BCUT2D eigenvalue weighted by molar-refractivity contribution is 0.0524. The minimum atomic E-state index is -0.539. The zero-order valence-electron chi connectivity index (χ0n) is 14.6. The van der Waals surface area contributed by atoms with E-state index in [1.165, 1.54) is 6.42 Å². The highest BCUT2D eigenvalue weighted by atomic mass is 127. The number of esters is 1. The van der Waals surface area contributed by atoms with Crippen LogP contribution in [-0.4, -0.2) is 42.2 Å². The lowest BCUT2D eigenvalue weighted by Crippen LogP contribution is -2.34. The van der Waals surface area contributed by atoms with Crippen molar-refractivity contribution >= 4 is 39.5 Å². The molecule has 1 aromatic carbocycles. The van der Waals surface area contributed by atoms with E-state index in [-0.39, 0.29) is 17.6 Å². The number of benzene rings is 1. The summed E-state index contributed by atoms with van der Waals surface area (Å²) in [4.78, 5) is 27.4. The summed E-state index contributed by atoms with van der Waals surface area (Å²) in [5, 5.41) is 0.585. The van der Waals surface area contributed by atoms with Gasteiger partial charge in [-0.25, -0.2) is 4.79 Å². The standard InChI is InChI=1S/C19H23IN2O3/c1-3-25-19(24)16-12-22(11-13-5-4-8-21(2)10-13)17-7-6-14(20)9-15(17)18(16)23/h6-7,9,12-13H,3-5,8,10-11H2,1-2H3/t13-/m0/s1. The van der Waals surface area contributed by atoms with Crippen molar-refractivity contribution in [2.24, 2.45) is 5.92 Å². The Morgan fingerprint density at radius 2 is 2.20 bits per heavy atom.